The number of Topliss-reactive ketones (excluding diaryl/α,β-unsaturated/α-hetero) is 1. The minimum Gasteiger partial charge on any atom is -0.458 e. The summed E-state index contributed by atoms with van der Waals surface area (Å²) < 4.78 is 5.59. The Labute approximate surface area is 273 Å². The van der Waals surface area contributed by atoms with Gasteiger partial charge in [-0.05, 0) is 81.0 Å². The lowest BCUT2D eigenvalue weighted by Crippen LogP contribution is -2.62. The number of carbonyl (C=O) groups is 6. The van der Waals surface area contributed by atoms with Crippen LogP contribution >= 0.6 is 0 Å². The Bertz CT molecular complexity index is 1230. The summed E-state index contributed by atoms with van der Waals surface area (Å²) in [6.07, 6.45) is 6.67. The van der Waals surface area contributed by atoms with Crippen LogP contribution in [0, 0.1) is 34.5 Å². The molecule has 12 heteroatoms. The first-order valence-corrected chi connectivity index (χ1v) is 17.0. The molecule has 0 radical (unpaired) electrons. The Morgan fingerprint density at radius 1 is 0.804 bits per heavy atom. The first kappa shape index (κ1) is 35.7. The maximum atomic E-state index is 14.5. The van der Waals surface area contributed by atoms with Gasteiger partial charge in [-0.3, -0.25) is 19.2 Å². The summed E-state index contributed by atoms with van der Waals surface area (Å²) in [7, 11) is 0. The van der Waals surface area contributed by atoms with Gasteiger partial charge in [0, 0.05) is 6.54 Å². The number of carbonyl (C=O) groups excluding carboxylic acids is 6. The Balaban J connectivity index is 1.57. The molecular weight excluding hydrogens is 590 g/mol. The third-order valence-electron chi connectivity index (χ3n) is 10.7. The van der Waals surface area contributed by atoms with Crippen molar-refractivity contribution in [3.8, 4) is 0 Å². The molecule has 1 saturated heterocycles. The third-order valence-corrected chi connectivity index (χ3v) is 10.7. The zero-order valence-corrected chi connectivity index (χ0v) is 28.9. The predicted molar refractivity (Wildman–Crippen MR) is 171 cm³/mol. The van der Waals surface area contributed by atoms with Gasteiger partial charge in [-0.15, -0.1) is 0 Å². The lowest BCUT2D eigenvalue weighted by Gasteiger charge is -2.38. The van der Waals surface area contributed by atoms with E-state index in [1.165, 1.54) is 0 Å². The van der Waals surface area contributed by atoms with E-state index in [1.54, 1.807) is 25.7 Å². The molecule has 258 valence electrons. The van der Waals surface area contributed by atoms with Crippen molar-refractivity contribution >= 4 is 35.5 Å². The first-order chi connectivity index (χ1) is 21.2. The molecule has 0 aromatic carbocycles. The maximum Gasteiger partial charge on any atom is 0.329 e. The third kappa shape index (κ3) is 7.68. The largest absolute Gasteiger partial charge is 0.458 e. The van der Waals surface area contributed by atoms with Gasteiger partial charge in [0.1, 0.15) is 29.8 Å². The van der Waals surface area contributed by atoms with Crippen molar-refractivity contribution in [2.45, 2.75) is 137 Å². The molecule has 4 aliphatic rings. The molecule has 4 rings (SSSR count). The van der Waals surface area contributed by atoms with Crippen LogP contribution in [0.2, 0.25) is 0 Å². The van der Waals surface area contributed by atoms with Gasteiger partial charge in [-0.1, -0.05) is 60.3 Å². The number of ketones is 1. The molecule has 0 aromatic heterocycles. The van der Waals surface area contributed by atoms with E-state index in [0.29, 0.717) is 19.4 Å². The van der Waals surface area contributed by atoms with E-state index >= 15 is 0 Å². The lowest BCUT2D eigenvalue weighted by atomic mass is 9.78. The second-order valence-electron chi connectivity index (χ2n) is 16.6. The van der Waals surface area contributed by atoms with Crippen LogP contribution in [0.4, 0.5) is 4.79 Å². The van der Waals surface area contributed by atoms with Gasteiger partial charge in [-0.25, -0.2) is 9.59 Å². The van der Waals surface area contributed by atoms with Gasteiger partial charge in [0.2, 0.25) is 17.6 Å². The number of hydrogen-bond donors (Lipinski definition) is 4. The topological polar surface area (TPSA) is 177 Å². The van der Waals surface area contributed by atoms with Crippen molar-refractivity contribution in [3.05, 3.63) is 0 Å². The summed E-state index contributed by atoms with van der Waals surface area (Å²) in [4.78, 5) is 81.3. The van der Waals surface area contributed by atoms with Crippen LogP contribution in [0.5, 0.6) is 0 Å². The molecule has 46 heavy (non-hydrogen) atoms. The molecule has 1 unspecified atom stereocenters. The minimum atomic E-state index is -1.09. The molecule has 3 aliphatic carbocycles. The van der Waals surface area contributed by atoms with Crippen LogP contribution < -0.4 is 21.7 Å². The summed E-state index contributed by atoms with van der Waals surface area (Å²) in [6, 6.07) is -4.41. The fourth-order valence-corrected chi connectivity index (χ4v) is 7.71. The van der Waals surface area contributed by atoms with Gasteiger partial charge < -0.3 is 31.3 Å². The number of ether oxygens (including phenoxy) is 1. The number of nitrogens with zero attached hydrogens (tertiary/aromatic N) is 1. The zero-order chi connectivity index (χ0) is 34.4. The SMILES string of the molecule is CC(C)(C)OC(=O)[C@H](NC(=O)N[C@H](C(=O)N1C[C@H]2[C@@H]([C@H]1C(=O)NC(C(=O)C(N)=O)C1CCC1)C2(C)C)C1CCCCC1)C(C)(C)C. The van der Waals surface area contributed by atoms with Crippen molar-refractivity contribution in [3.63, 3.8) is 0 Å². The van der Waals surface area contributed by atoms with Crippen LogP contribution in [0.1, 0.15) is 107 Å². The highest BCUT2D eigenvalue weighted by molar-refractivity contribution is 6.38. The van der Waals surface area contributed by atoms with Crippen LogP contribution in [-0.4, -0.2) is 76.7 Å². The molecule has 5 amide bonds. The van der Waals surface area contributed by atoms with Crippen molar-refractivity contribution in [2.75, 3.05) is 6.54 Å². The Morgan fingerprint density at radius 3 is 1.87 bits per heavy atom. The van der Waals surface area contributed by atoms with Crippen molar-refractivity contribution in [1.82, 2.24) is 20.9 Å². The Kier molecular flexibility index (Phi) is 10.2. The predicted octanol–water partition coefficient (Wildman–Crippen LogP) is 2.81. The van der Waals surface area contributed by atoms with Crippen molar-refractivity contribution in [2.24, 2.45) is 40.2 Å². The second kappa shape index (κ2) is 13.1. The highest BCUT2D eigenvalue weighted by Crippen LogP contribution is 2.65. The van der Waals surface area contributed by atoms with Gasteiger partial charge in [-0.2, -0.15) is 0 Å². The van der Waals surface area contributed by atoms with Crippen molar-refractivity contribution < 1.29 is 33.5 Å². The molecule has 1 aliphatic heterocycles. The van der Waals surface area contributed by atoms with Gasteiger partial charge in [0.05, 0.1) is 0 Å². The Morgan fingerprint density at radius 2 is 1.37 bits per heavy atom. The van der Waals surface area contributed by atoms with E-state index in [-0.39, 0.29) is 35.0 Å². The summed E-state index contributed by atoms with van der Waals surface area (Å²) in [5.41, 5.74) is 3.73. The molecule has 0 spiro atoms. The summed E-state index contributed by atoms with van der Waals surface area (Å²) >= 11 is 0. The normalized spacial score (nSPS) is 26.4. The van der Waals surface area contributed by atoms with E-state index in [9.17, 15) is 28.8 Å². The van der Waals surface area contributed by atoms with E-state index < -0.39 is 64.8 Å². The number of fused-ring (bicyclic) bond motifs is 1. The first-order valence-electron chi connectivity index (χ1n) is 17.0. The number of primary amides is 1. The number of nitrogens with one attached hydrogen (secondary N) is 3. The van der Waals surface area contributed by atoms with Crippen LogP contribution in [-0.2, 0) is 28.7 Å². The number of hydrogen-bond acceptors (Lipinski definition) is 7. The molecule has 12 nitrogen and oxygen atoms in total. The molecule has 6 atom stereocenters. The van der Waals surface area contributed by atoms with Crippen LogP contribution in [0.15, 0.2) is 0 Å². The monoisotopic (exact) mass is 645 g/mol. The summed E-state index contributed by atoms with van der Waals surface area (Å²) in [5, 5.41) is 8.51. The number of urea groups is 1. The van der Waals surface area contributed by atoms with E-state index in [1.807, 2.05) is 20.8 Å². The lowest BCUT2D eigenvalue weighted by molar-refractivity contribution is -0.160. The minimum absolute atomic E-state index is 0.0828. The average Bonchev–Trinajstić information content (AvgIpc) is 3.24. The van der Waals surface area contributed by atoms with E-state index in [2.05, 4.69) is 29.8 Å². The van der Waals surface area contributed by atoms with Gasteiger partial charge in [0.15, 0.2) is 0 Å². The molecule has 0 aromatic rings. The number of nitrogens with two attached hydrogens (primary N) is 1. The van der Waals surface area contributed by atoms with E-state index in [4.69, 9.17) is 10.5 Å². The standard InChI is InChI=1S/C34H55N5O7/c1-32(2,3)26(30(44)46-33(4,5)6)38-31(45)37-23(19-13-10-9-11-14-19)29(43)39-17-20-21(34(20,7)8)24(39)28(42)36-22(18-15-12-16-18)25(40)27(35)41/h18-24,26H,9-17H2,1-8H3,(H2,35,41)(H,36,42)(H2,37,38,45)/t20-,21-,22?,23-,24-,26-/m0/s1. The molecular formula is C34H55N5O7. The van der Waals surface area contributed by atoms with Gasteiger partial charge in [0.25, 0.3) is 5.91 Å². The summed E-state index contributed by atoms with van der Waals surface area (Å²) in [5.74, 6) is -3.65. The maximum absolute atomic E-state index is 14.5. The highest BCUT2D eigenvalue weighted by Gasteiger charge is 2.70. The molecule has 3 saturated carbocycles. The average molecular weight is 646 g/mol. The molecule has 5 N–H and O–H groups in total. The van der Waals surface area contributed by atoms with Crippen LogP contribution in [0.25, 0.3) is 0 Å². The smallest absolute Gasteiger partial charge is 0.329 e. The Hall–Kier alpha value is -3.18. The molecule has 1 heterocycles. The second-order valence-corrected chi connectivity index (χ2v) is 16.6. The number of likely N-dealkylation sites (tertiary alicyclic amines) is 1. The van der Waals surface area contributed by atoms with Crippen LogP contribution in [0.3, 0.4) is 0 Å². The number of rotatable bonds is 10. The zero-order valence-electron chi connectivity index (χ0n) is 28.9. The number of piperidine rings is 1. The number of amides is 5. The van der Waals surface area contributed by atoms with Crippen molar-refractivity contribution in [1.29, 1.82) is 0 Å². The summed E-state index contributed by atoms with van der Waals surface area (Å²) in [6.45, 7) is 15.2. The van der Waals surface area contributed by atoms with E-state index in [0.717, 1.165) is 38.5 Å². The quantitative estimate of drug-likeness (QED) is 0.209. The fourth-order valence-electron chi connectivity index (χ4n) is 7.71. The van der Waals surface area contributed by atoms with Gasteiger partial charge >= 0.3 is 12.0 Å². The number of esters is 1. The fraction of sp³-hybridized carbons (Fsp3) is 0.824. The molecule has 4 fully saturated rings. The molecule has 0 bridgehead atoms. The highest BCUT2D eigenvalue weighted by atomic mass is 16.6.